The van der Waals surface area contributed by atoms with Crippen molar-refractivity contribution in [2.45, 2.75) is 12.8 Å². The first-order valence-corrected chi connectivity index (χ1v) is 8.73. The van der Waals surface area contributed by atoms with Crippen LogP contribution in [0.25, 0.3) is 5.69 Å². The molecule has 2 heterocycles. The average Bonchev–Trinajstić information content (AvgIpc) is 3.34. The first-order valence-electron chi connectivity index (χ1n) is 8.73. The van der Waals surface area contributed by atoms with Gasteiger partial charge in [-0.2, -0.15) is 5.10 Å². The molecule has 0 aliphatic carbocycles. The number of likely N-dealkylation sites (tertiary alicyclic amines) is 1. The highest BCUT2D eigenvalue weighted by Gasteiger charge is 2.27. The van der Waals surface area contributed by atoms with Gasteiger partial charge in [0, 0.05) is 31.0 Å². The average molecular weight is 331 g/mol. The SMILES string of the molecule is O=C(c1cccc(-n2cccn2)c1)N1CC[C@@H](Cc2ccccc2)C1. The number of hydrogen-bond acceptors (Lipinski definition) is 2. The Morgan fingerprint density at radius 1 is 1.08 bits per heavy atom. The molecule has 0 unspecified atom stereocenters. The summed E-state index contributed by atoms with van der Waals surface area (Å²) in [5.74, 6) is 0.658. The molecule has 1 saturated heterocycles. The number of amides is 1. The predicted molar refractivity (Wildman–Crippen MR) is 97.7 cm³/mol. The molecule has 4 heteroatoms. The van der Waals surface area contributed by atoms with Gasteiger partial charge in [-0.05, 0) is 48.6 Å². The van der Waals surface area contributed by atoms with Crippen LogP contribution in [0.2, 0.25) is 0 Å². The molecule has 2 aromatic carbocycles. The molecule has 0 spiro atoms. The maximum absolute atomic E-state index is 12.9. The Labute approximate surface area is 147 Å². The molecular formula is C21H21N3O. The van der Waals surface area contributed by atoms with Gasteiger partial charge in [-0.3, -0.25) is 4.79 Å². The van der Waals surface area contributed by atoms with Crippen LogP contribution in [-0.4, -0.2) is 33.7 Å². The van der Waals surface area contributed by atoms with E-state index in [1.54, 1.807) is 10.9 Å². The molecule has 1 fully saturated rings. The molecular weight excluding hydrogens is 310 g/mol. The quantitative estimate of drug-likeness (QED) is 0.733. The van der Waals surface area contributed by atoms with Crippen molar-refractivity contribution >= 4 is 5.91 Å². The molecule has 25 heavy (non-hydrogen) atoms. The third-order valence-electron chi connectivity index (χ3n) is 4.80. The number of carbonyl (C=O) groups is 1. The smallest absolute Gasteiger partial charge is 0.253 e. The Kier molecular flexibility index (Phi) is 4.34. The number of rotatable bonds is 4. The number of benzene rings is 2. The lowest BCUT2D eigenvalue weighted by Crippen LogP contribution is -2.29. The Hall–Kier alpha value is -2.88. The minimum Gasteiger partial charge on any atom is -0.338 e. The van der Waals surface area contributed by atoms with Gasteiger partial charge in [-0.25, -0.2) is 4.68 Å². The summed E-state index contributed by atoms with van der Waals surface area (Å²) in [7, 11) is 0. The van der Waals surface area contributed by atoms with Gasteiger partial charge in [0.2, 0.25) is 0 Å². The van der Waals surface area contributed by atoms with E-state index in [1.165, 1.54) is 5.56 Å². The Morgan fingerprint density at radius 3 is 2.76 bits per heavy atom. The third kappa shape index (κ3) is 3.48. The lowest BCUT2D eigenvalue weighted by Gasteiger charge is -2.17. The number of nitrogens with zero attached hydrogens (tertiary/aromatic N) is 3. The molecule has 1 aromatic heterocycles. The van der Waals surface area contributed by atoms with Gasteiger partial charge in [0.1, 0.15) is 0 Å². The standard InChI is InChI=1S/C21H21N3O/c25-21(19-8-4-9-20(15-19)24-12-5-11-22-24)23-13-10-18(16-23)14-17-6-2-1-3-7-17/h1-9,11-12,15,18H,10,13-14,16H2/t18-/m0/s1. The zero-order valence-electron chi connectivity index (χ0n) is 14.1. The molecule has 1 aliphatic rings. The fourth-order valence-corrected chi connectivity index (χ4v) is 3.52. The van der Waals surface area contributed by atoms with Crippen LogP contribution in [0, 0.1) is 5.92 Å². The van der Waals surface area contributed by atoms with Crippen LogP contribution in [0.5, 0.6) is 0 Å². The highest BCUT2D eigenvalue weighted by atomic mass is 16.2. The molecule has 0 saturated carbocycles. The van der Waals surface area contributed by atoms with Gasteiger partial charge in [0.25, 0.3) is 5.91 Å². The highest BCUT2D eigenvalue weighted by molar-refractivity contribution is 5.95. The second-order valence-corrected chi connectivity index (χ2v) is 6.60. The summed E-state index contributed by atoms with van der Waals surface area (Å²) in [4.78, 5) is 14.8. The van der Waals surface area contributed by atoms with Crippen molar-refractivity contribution in [2.24, 2.45) is 5.92 Å². The van der Waals surface area contributed by atoms with Crippen LogP contribution in [0.3, 0.4) is 0 Å². The first kappa shape index (κ1) is 15.6. The maximum Gasteiger partial charge on any atom is 0.253 e. The molecule has 0 bridgehead atoms. The summed E-state index contributed by atoms with van der Waals surface area (Å²) in [6.45, 7) is 1.67. The van der Waals surface area contributed by atoms with Crippen LogP contribution in [0.15, 0.2) is 73.1 Å². The van der Waals surface area contributed by atoms with Gasteiger partial charge >= 0.3 is 0 Å². The second-order valence-electron chi connectivity index (χ2n) is 6.60. The Balaban J connectivity index is 1.44. The Morgan fingerprint density at radius 2 is 1.96 bits per heavy atom. The normalized spacial score (nSPS) is 17.0. The van der Waals surface area contributed by atoms with E-state index in [4.69, 9.17) is 0 Å². The van der Waals surface area contributed by atoms with E-state index in [9.17, 15) is 4.79 Å². The summed E-state index contributed by atoms with van der Waals surface area (Å²) >= 11 is 0. The number of aromatic nitrogens is 2. The van der Waals surface area contributed by atoms with Crippen LogP contribution >= 0.6 is 0 Å². The zero-order chi connectivity index (χ0) is 17.1. The van der Waals surface area contributed by atoms with Crippen molar-refractivity contribution in [3.63, 3.8) is 0 Å². The van der Waals surface area contributed by atoms with Crippen molar-refractivity contribution < 1.29 is 4.79 Å². The molecule has 0 radical (unpaired) electrons. The van der Waals surface area contributed by atoms with Gasteiger partial charge < -0.3 is 4.90 Å². The summed E-state index contributed by atoms with van der Waals surface area (Å²) in [5.41, 5.74) is 2.99. The second kappa shape index (κ2) is 6.93. The third-order valence-corrected chi connectivity index (χ3v) is 4.80. The van der Waals surface area contributed by atoms with Crippen LogP contribution in [-0.2, 0) is 6.42 Å². The van der Waals surface area contributed by atoms with E-state index in [0.29, 0.717) is 5.92 Å². The lowest BCUT2D eigenvalue weighted by molar-refractivity contribution is 0.0787. The molecule has 0 N–H and O–H groups in total. The lowest BCUT2D eigenvalue weighted by atomic mass is 9.99. The molecule has 4 nitrogen and oxygen atoms in total. The minimum atomic E-state index is 0.115. The summed E-state index contributed by atoms with van der Waals surface area (Å²) in [6, 6.07) is 20.1. The van der Waals surface area contributed by atoms with Gasteiger partial charge in [-0.1, -0.05) is 36.4 Å². The van der Waals surface area contributed by atoms with E-state index >= 15 is 0 Å². The van der Waals surface area contributed by atoms with Crippen molar-refractivity contribution in [1.29, 1.82) is 0 Å². The first-order chi connectivity index (χ1) is 12.3. The van der Waals surface area contributed by atoms with Gasteiger partial charge in [0.15, 0.2) is 0 Å². The highest BCUT2D eigenvalue weighted by Crippen LogP contribution is 2.23. The monoisotopic (exact) mass is 331 g/mol. The van der Waals surface area contributed by atoms with E-state index in [1.807, 2.05) is 47.5 Å². The van der Waals surface area contributed by atoms with Crippen LogP contribution < -0.4 is 0 Å². The molecule has 1 amide bonds. The minimum absolute atomic E-state index is 0.115. The molecule has 126 valence electrons. The summed E-state index contributed by atoms with van der Waals surface area (Å²) in [5, 5.41) is 4.24. The maximum atomic E-state index is 12.9. The van der Waals surface area contributed by atoms with Crippen molar-refractivity contribution in [2.75, 3.05) is 13.1 Å². The summed E-state index contributed by atoms with van der Waals surface area (Å²) in [6.07, 6.45) is 5.73. The van der Waals surface area contributed by atoms with Crippen molar-refractivity contribution in [3.05, 3.63) is 84.2 Å². The zero-order valence-corrected chi connectivity index (χ0v) is 14.1. The fourth-order valence-electron chi connectivity index (χ4n) is 3.52. The predicted octanol–water partition coefficient (Wildman–Crippen LogP) is 3.58. The number of hydrogen-bond donors (Lipinski definition) is 0. The number of carbonyl (C=O) groups excluding carboxylic acids is 1. The molecule has 4 rings (SSSR count). The van der Waals surface area contributed by atoms with Crippen molar-refractivity contribution in [1.82, 2.24) is 14.7 Å². The van der Waals surface area contributed by atoms with Gasteiger partial charge in [0.05, 0.1) is 5.69 Å². The van der Waals surface area contributed by atoms with E-state index in [-0.39, 0.29) is 5.91 Å². The van der Waals surface area contributed by atoms with E-state index < -0.39 is 0 Å². The molecule has 1 aliphatic heterocycles. The Bertz CT molecular complexity index is 843. The topological polar surface area (TPSA) is 38.1 Å². The van der Waals surface area contributed by atoms with Gasteiger partial charge in [-0.15, -0.1) is 0 Å². The summed E-state index contributed by atoms with van der Waals surface area (Å²) < 4.78 is 1.78. The fraction of sp³-hybridized carbons (Fsp3) is 0.238. The molecule has 1 atom stereocenters. The van der Waals surface area contributed by atoms with Crippen molar-refractivity contribution in [3.8, 4) is 5.69 Å². The largest absolute Gasteiger partial charge is 0.338 e. The van der Waals surface area contributed by atoms with E-state index in [2.05, 4.69) is 29.4 Å². The van der Waals surface area contributed by atoms with E-state index in [0.717, 1.165) is 37.2 Å². The van der Waals surface area contributed by atoms with Crippen LogP contribution in [0.4, 0.5) is 0 Å². The molecule has 3 aromatic rings. The van der Waals surface area contributed by atoms with Crippen LogP contribution in [0.1, 0.15) is 22.3 Å².